The molecule has 0 N–H and O–H groups in total. The van der Waals surface area contributed by atoms with Crippen LogP contribution in [0.5, 0.6) is 0 Å². The average molecular weight is 310 g/mol. The molecule has 0 spiro atoms. The highest BCUT2D eigenvalue weighted by atomic mass is 32.1. The number of hydrogen-bond donors (Lipinski definition) is 0. The van der Waals surface area contributed by atoms with Gasteiger partial charge in [0.05, 0.1) is 17.6 Å². The molecule has 110 valence electrons. The molecule has 22 heavy (non-hydrogen) atoms. The molecule has 0 unspecified atom stereocenters. The van der Waals surface area contributed by atoms with E-state index in [0.29, 0.717) is 10.9 Å². The second-order valence-corrected chi connectivity index (χ2v) is 5.47. The van der Waals surface area contributed by atoms with Gasteiger partial charge in [0, 0.05) is 11.5 Å². The maximum Gasteiger partial charge on any atom is 0.257 e. The molecule has 0 saturated carbocycles. The summed E-state index contributed by atoms with van der Waals surface area (Å²) in [6.07, 6.45) is 4.71. The second-order valence-electron chi connectivity index (χ2n) is 4.63. The maximum atomic E-state index is 12.6. The number of aryl methyl sites for hydroxylation is 1. The first-order valence-electron chi connectivity index (χ1n) is 6.77. The van der Waals surface area contributed by atoms with Crippen LogP contribution in [0.1, 0.15) is 11.5 Å². The highest BCUT2D eigenvalue weighted by Gasteiger charge is 2.18. The van der Waals surface area contributed by atoms with Crippen molar-refractivity contribution in [3.63, 3.8) is 0 Å². The zero-order valence-electron chi connectivity index (χ0n) is 12.0. The van der Waals surface area contributed by atoms with Crippen LogP contribution in [-0.2, 0) is 4.79 Å². The number of thiazole rings is 1. The standard InChI is InChI=1S/C17H14N2O2S/c1-13-12-22-17(18-13)19(14-6-3-2-4-7-14)16(20)10-9-15-8-5-11-21-15/h2-12H,1H3/b10-9+. The summed E-state index contributed by atoms with van der Waals surface area (Å²) in [7, 11) is 0. The summed E-state index contributed by atoms with van der Waals surface area (Å²) in [6, 6.07) is 13.1. The lowest BCUT2D eigenvalue weighted by Gasteiger charge is -2.18. The topological polar surface area (TPSA) is 46.3 Å². The second kappa shape index (κ2) is 6.41. The van der Waals surface area contributed by atoms with Crippen LogP contribution in [0.3, 0.4) is 0 Å². The van der Waals surface area contributed by atoms with Gasteiger partial charge < -0.3 is 4.42 Å². The first-order valence-corrected chi connectivity index (χ1v) is 7.65. The minimum absolute atomic E-state index is 0.169. The van der Waals surface area contributed by atoms with E-state index in [-0.39, 0.29) is 5.91 Å². The van der Waals surface area contributed by atoms with Crippen LogP contribution in [0.25, 0.3) is 6.08 Å². The third-order valence-electron chi connectivity index (χ3n) is 2.97. The van der Waals surface area contributed by atoms with Crippen molar-refractivity contribution in [3.8, 4) is 0 Å². The Morgan fingerprint density at radius 1 is 1.23 bits per heavy atom. The van der Waals surface area contributed by atoms with E-state index in [1.807, 2.05) is 42.6 Å². The fourth-order valence-corrected chi connectivity index (χ4v) is 2.79. The van der Waals surface area contributed by atoms with Gasteiger partial charge in [-0.3, -0.25) is 9.69 Å². The SMILES string of the molecule is Cc1csc(N(C(=O)/C=C/c2ccco2)c2ccccc2)n1. The van der Waals surface area contributed by atoms with Gasteiger partial charge in [-0.1, -0.05) is 18.2 Å². The Hall–Kier alpha value is -2.66. The molecule has 0 saturated heterocycles. The molecule has 5 heteroatoms. The van der Waals surface area contributed by atoms with Gasteiger partial charge in [0.15, 0.2) is 5.13 Å². The molecular formula is C17H14N2O2S. The zero-order valence-corrected chi connectivity index (χ0v) is 12.8. The molecule has 0 radical (unpaired) electrons. The van der Waals surface area contributed by atoms with Gasteiger partial charge in [-0.25, -0.2) is 4.98 Å². The number of para-hydroxylation sites is 1. The van der Waals surface area contributed by atoms with E-state index >= 15 is 0 Å². The summed E-state index contributed by atoms with van der Waals surface area (Å²) in [4.78, 5) is 18.6. The molecule has 0 aliphatic rings. The number of benzene rings is 1. The van der Waals surface area contributed by atoms with Crippen LogP contribution >= 0.6 is 11.3 Å². The average Bonchev–Trinajstić information content (AvgIpc) is 3.18. The summed E-state index contributed by atoms with van der Waals surface area (Å²) >= 11 is 1.44. The van der Waals surface area contributed by atoms with Gasteiger partial charge in [0.2, 0.25) is 0 Å². The largest absolute Gasteiger partial charge is 0.465 e. The Kier molecular flexibility index (Phi) is 4.16. The molecular weight excluding hydrogens is 296 g/mol. The number of carbonyl (C=O) groups excluding carboxylic acids is 1. The fraction of sp³-hybridized carbons (Fsp3) is 0.0588. The Balaban J connectivity index is 1.93. The van der Waals surface area contributed by atoms with E-state index in [0.717, 1.165) is 11.4 Å². The van der Waals surface area contributed by atoms with E-state index in [4.69, 9.17) is 4.42 Å². The van der Waals surface area contributed by atoms with E-state index in [1.165, 1.54) is 17.4 Å². The highest BCUT2D eigenvalue weighted by molar-refractivity contribution is 7.14. The van der Waals surface area contributed by atoms with Crippen LogP contribution in [0.15, 0.2) is 64.6 Å². The van der Waals surface area contributed by atoms with Crippen molar-refractivity contribution in [1.29, 1.82) is 0 Å². The summed E-state index contributed by atoms with van der Waals surface area (Å²) in [6.45, 7) is 1.91. The van der Waals surface area contributed by atoms with Crippen LogP contribution in [0.2, 0.25) is 0 Å². The van der Waals surface area contributed by atoms with E-state index in [1.54, 1.807) is 29.4 Å². The van der Waals surface area contributed by atoms with E-state index in [9.17, 15) is 4.79 Å². The van der Waals surface area contributed by atoms with Crippen molar-refractivity contribution < 1.29 is 9.21 Å². The molecule has 2 aromatic heterocycles. The predicted molar refractivity (Wildman–Crippen MR) is 88.2 cm³/mol. The highest BCUT2D eigenvalue weighted by Crippen LogP contribution is 2.28. The van der Waals surface area contributed by atoms with Gasteiger partial charge in [-0.05, 0) is 37.3 Å². The zero-order chi connectivity index (χ0) is 15.4. The van der Waals surface area contributed by atoms with Crippen LogP contribution in [0, 0.1) is 6.92 Å². The third kappa shape index (κ3) is 3.15. The molecule has 0 bridgehead atoms. The van der Waals surface area contributed by atoms with Crippen molar-refractivity contribution >= 4 is 34.1 Å². The number of furan rings is 1. The quantitative estimate of drug-likeness (QED) is 0.670. The maximum absolute atomic E-state index is 12.6. The summed E-state index contributed by atoms with van der Waals surface area (Å²) < 4.78 is 5.21. The Labute approximate surface area is 132 Å². The lowest BCUT2D eigenvalue weighted by Crippen LogP contribution is -2.23. The minimum Gasteiger partial charge on any atom is -0.465 e. The van der Waals surface area contributed by atoms with Gasteiger partial charge >= 0.3 is 0 Å². The van der Waals surface area contributed by atoms with Crippen molar-refractivity contribution in [2.75, 3.05) is 4.90 Å². The number of nitrogens with zero attached hydrogens (tertiary/aromatic N) is 2. The van der Waals surface area contributed by atoms with Gasteiger partial charge in [0.25, 0.3) is 5.91 Å². The Morgan fingerprint density at radius 2 is 2.05 bits per heavy atom. The molecule has 3 rings (SSSR count). The first-order chi connectivity index (χ1) is 10.7. The Morgan fingerprint density at radius 3 is 2.68 bits per heavy atom. The van der Waals surface area contributed by atoms with Crippen molar-refractivity contribution in [1.82, 2.24) is 4.98 Å². The lowest BCUT2D eigenvalue weighted by molar-refractivity contribution is -0.113. The summed E-state index contributed by atoms with van der Waals surface area (Å²) in [5.41, 5.74) is 1.68. The van der Waals surface area contributed by atoms with Crippen molar-refractivity contribution in [3.05, 3.63) is 71.6 Å². The number of hydrogen-bond acceptors (Lipinski definition) is 4. The first kappa shape index (κ1) is 14.3. The van der Waals surface area contributed by atoms with Crippen molar-refractivity contribution in [2.45, 2.75) is 6.92 Å². The molecule has 0 atom stereocenters. The van der Waals surface area contributed by atoms with E-state index in [2.05, 4.69) is 4.98 Å². The van der Waals surface area contributed by atoms with Crippen LogP contribution in [-0.4, -0.2) is 10.9 Å². The monoisotopic (exact) mass is 310 g/mol. The molecule has 2 heterocycles. The molecule has 4 nitrogen and oxygen atoms in total. The van der Waals surface area contributed by atoms with Gasteiger partial charge in [-0.2, -0.15) is 0 Å². The van der Waals surface area contributed by atoms with E-state index < -0.39 is 0 Å². The number of aromatic nitrogens is 1. The summed E-state index contributed by atoms with van der Waals surface area (Å²) in [5, 5.41) is 2.58. The number of amides is 1. The lowest BCUT2D eigenvalue weighted by atomic mass is 10.3. The molecule has 0 fully saturated rings. The summed E-state index contributed by atoms with van der Waals surface area (Å²) in [5.74, 6) is 0.466. The number of anilines is 2. The normalized spacial score (nSPS) is 11.0. The van der Waals surface area contributed by atoms with Crippen molar-refractivity contribution in [2.24, 2.45) is 0 Å². The van der Waals surface area contributed by atoms with Gasteiger partial charge in [-0.15, -0.1) is 11.3 Å². The minimum atomic E-state index is -0.169. The molecule has 1 aromatic carbocycles. The Bertz CT molecular complexity index is 776. The number of rotatable bonds is 4. The molecule has 0 aliphatic heterocycles. The predicted octanol–water partition coefficient (Wildman–Crippen LogP) is 4.42. The smallest absolute Gasteiger partial charge is 0.257 e. The van der Waals surface area contributed by atoms with Crippen LogP contribution < -0.4 is 4.90 Å². The molecule has 3 aromatic rings. The number of carbonyl (C=O) groups is 1. The molecule has 1 amide bonds. The fourth-order valence-electron chi connectivity index (χ4n) is 1.97. The van der Waals surface area contributed by atoms with Crippen LogP contribution in [0.4, 0.5) is 10.8 Å². The molecule has 0 aliphatic carbocycles. The third-order valence-corrected chi connectivity index (χ3v) is 3.91. The van der Waals surface area contributed by atoms with Gasteiger partial charge in [0.1, 0.15) is 5.76 Å².